The molecule has 0 amide bonds. The summed E-state index contributed by atoms with van der Waals surface area (Å²) in [6.07, 6.45) is 0.648. The van der Waals surface area contributed by atoms with E-state index in [0.717, 1.165) is 0 Å². The topological polar surface area (TPSA) is 40.1 Å². The van der Waals surface area contributed by atoms with E-state index in [-0.39, 0.29) is 40.7 Å². The van der Waals surface area contributed by atoms with Gasteiger partial charge in [0.15, 0.2) is 0 Å². The summed E-state index contributed by atoms with van der Waals surface area (Å²) in [6.45, 7) is 3.75. The van der Waals surface area contributed by atoms with Gasteiger partial charge in [-0.1, -0.05) is 13.8 Å². The Morgan fingerprint density at radius 2 is 2.00 bits per heavy atom. The van der Waals surface area contributed by atoms with Crippen molar-refractivity contribution in [3.8, 4) is 0 Å². The van der Waals surface area contributed by atoms with Crippen molar-refractivity contribution < 1.29 is 39.5 Å². The van der Waals surface area contributed by atoms with Gasteiger partial charge in [0.1, 0.15) is 0 Å². The number of carboxylic acid groups (broad SMARTS) is 1. The maximum Gasteiger partial charge on any atom is 1.00 e. The van der Waals surface area contributed by atoms with Crippen molar-refractivity contribution in [3.05, 3.63) is 0 Å². The second kappa shape index (κ2) is 5.47. The molecule has 0 aromatic carbocycles. The molecular formula is C6H11NaO2S. The van der Waals surface area contributed by atoms with Crippen LogP contribution in [0.4, 0.5) is 0 Å². The second-order valence-corrected chi connectivity index (χ2v) is 3.90. The smallest absolute Gasteiger partial charge is 0.550 e. The second-order valence-electron chi connectivity index (χ2n) is 2.68. The van der Waals surface area contributed by atoms with E-state index in [4.69, 9.17) is 0 Å². The molecule has 4 heteroatoms. The number of carboxylic acids is 1. The molecule has 0 aromatic rings. The van der Waals surface area contributed by atoms with Gasteiger partial charge in [0, 0.05) is 10.7 Å². The monoisotopic (exact) mass is 170 g/mol. The van der Waals surface area contributed by atoms with Crippen LogP contribution in [0.5, 0.6) is 0 Å². The van der Waals surface area contributed by atoms with Gasteiger partial charge in [0.25, 0.3) is 0 Å². The largest absolute Gasteiger partial charge is 1.00 e. The third kappa shape index (κ3) is 11.6. The number of hydrogen-bond acceptors (Lipinski definition) is 3. The summed E-state index contributed by atoms with van der Waals surface area (Å²) in [7, 11) is 0. The normalized spacial score (nSPS) is 10.3. The fourth-order valence-electron chi connectivity index (χ4n) is 0.408. The van der Waals surface area contributed by atoms with Gasteiger partial charge in [-0.25, -0.2) is 0 Å². The Balaban J connectivity index is 0. The van der Waals surface area contributed by atoms with Crippen molar-refractivity contribution >= 4 is 18.6 Å². The molecule has 0 saturated heterocycles. The van der Waals surface area contributed by atoms with Crippen LogP contribution in [0.3, 0.4) is 0 Å². The zero-order chi connectivity index (χ0) is 7.49. The van der Waals surface area contributed by atoms with E-state index >= 15 is 0 Å². The van der Waals surface area contributed by atoms with Crippen LogP contribution in [0.1, 0.15) is 26.7 Å². The quantitative estimate of drug-likeness (QED) is 0.368. The third-order valence-corrected chi connectivity index (χ3v) is 1.16. The van der Waals surface area contributed by atoms with E-state index in [1.807, 2.05) is 13.8 Å². The first kappa shape index (κ1) is 13.4. The van der Waals surface area contributed by atoms with Gasteiger partial charge in [-0.15, -0.1) is 0 Å². The van der Waals surface area contributed by atoms with Crippen molar-refractivity contribution in [1.82, 2.24) is 0 Å². The minimum Gasteiger partial charge on any atom is -0.550 e. The van der Waals surface area contributed by atoms with Crippen LogP contribution >= 0.6 is 12.6 Å². The molecular weight excluding hydrogens is 159 g/mol. The van der Waals surface area contributed by atoms with Gasteiger partial charge in [-0.3, -0.25) is 0 Å². The molecule has 0 heterocycles. The van der Waals surface area contributed by atoms with Gasteiger partial charge in [-0.05, 0) is 12.8 Å². The molecule has 0 aliphatic carbocycles. The Morgan fingerprint density at radius 1 is 1.60 bits per heavy atom. The van der Waals surface area contributed by atoms with Crippen molar-refractivity contribution in [2.45, 2.75) is 31.4 Å². The van der Waals surface area contributed by atoms with Crippen LogP contribution in [-0.2, 0) is 4.79 Å². The Hall–Kier alpha value is 0.820. The number of carbonyl (C=O) groups excluding carboxylic acids is 1. The summed E-state index contributed by atoms with van der Waals surface area (Å²) in [5, 5.41) is 9.90. The third-order valence-electron chi connectivity index (χ3n) is 0.941. The van der Waals surface area contributed by atoms with Crippen LogP contribution in [0.2, 0.25) is 0 Å². The van der Waals surface area contributed by atoms with E-state index in [1.54, 1.807) is 0 Å². The molecule has 0 bridgehead atoms. The molecule has 0 N–H and O–H groups in total. The van der Waals surface area contributed by atoms with Gasteiger partial charge < -0.3 is 9.90 Å². The number of thiol groups is 1. The summed E-state index contributed by atoms with van der Waals surface area (Å²) in [5.74, 6) is -1.00. The van der Waals surface area contributed by atoms with Crippen molar-refractivity contribution in [2.75, 3.05) is 0 Å². The summed E-state index contributed by atoms with van der Waals surface area (Å²) in [6, 6.07) is 0. The molecule has 0 unspecified atom stereocenters. The maximum atomic E-state index is 9.90. The Labute approximate surface area is 89.1 Å². The first-order valence-corrected chi connectivity index (χ1v) is 3.29. The number of rotatable bonds is 3. The SMILES string of the molecule is CC(C)(S)CCC(=O)[O-].[Na+]. The van der Waals surface area contributed by atoms with E-state index in [9.17, 15) is 9.90 Å². The molecule has 10 heavy (non-hydrogen) atoms. The van der Waals surface area contributed by atoms with Crippen LogP contribution < -0.4 is 34.7 Å². The molecule has 0 saturated carbocycles. The first-order valence-electron chi connectivity index (χ1n) is 2.84. The van der Waals surface area contributed by atoms with E-state index < -0.39 is 5.97 Å². The van der Waals surface area contributed by atoms with E-state index in [0.29, 0.717) is 6.42 Å². The molecule has 0 rings (SSSR count). The minimum atomic E-state index is -1.00. The van der Waals surface area contributed by atoms with E-state index in [1.165, 1.54) is 0 Å². The zero-order valence-electron chi connectivity index (χ0n) is 6.68. The van der Waals surface area contributed by atoms with Crippen LogP contribution in [0, 0.1) is 0 Å². The number of aliphatic carboxylic acids is 1. The van der Waals surface area contributed by atoms with Crippen molar-refractivity contribution in [3.63, 3.8) is 0 Å². The summed E-state index contributed by atoms with van der Waals surface area (Å²) >= 11 is 4.14. The average molecular weight is 170 g/mol. The van der Waals surface area contributed by atoms with Crippen LogP contribution in [0.25, 0.3) is 0 Å². The maximum absolute atomic E-state index is 9.90. The van der Waals surface area contributed by atoms with E-state index in [2.05, 4.69) is 12.6 Å². The Bertz CT molecular complexity index is 109. The number of hydrogen-bond donors (Lipinski definition) is 1. The Kier molecular flexibility index (Phi) is 7.33. The van der Waals surface area contributed by atoms with Crippen molar-refractivity contribution in [2.24, 2.45) is 0 Å². The minimum absolute atomic E-state index is 0. The molecule has 0 aliphatic rings. The predicted octanol–water partition coefficient (Wildman–Crippen LogP) is -2.77. The van der Waals surface area contributed by atoms with Crippen LogP contribution in [0.15, 0.2) is 0 Å². The molecule has 0 radical (unpaired) electrons. The molecule has 0 aromatic heterocycles. The molecule has 0 atom stereocenters. The average Bonchev–Trinajstić information content (AvgIpc) is 1.59. The molecule has 0 aliphatic heterocycles. The summed E-state index contributed by atoms with van der Waals surface area (Å²) in [4.78, 5) is 9.90. The zero-order valence-corrected chi connectivity index (χ0v) is 9.57. The van der Waals surface area contributed by atoms with Gasteiger partial charge in [0.2, 0.25) is 0 Å². The first-order chi connectivity index (χ1) is 3.92. The fourth-order valence-corrected chi connectivity index (χ4v) is 0.520. The summed E-state index contributed by atoms with van der Waals surface area (Å²) in [5.41, 5.74) is 0. The molecule has 2 nitrogen and oxygen atoms in total. The van der Waals surface area contributed by atoms with Gasteiger partial charge >= 0.3 is 29.6 Å². The molecule has 0 fully saturated rings. The van der Waals surface area contributed by atoms with Crippen molar-refractivity contribution in [1.29, 1.82) is 0 Å². The molecule has 54 valence electrons. The summed E-state index contributed by atoms with van der Waals surface area (Å²) < 4.78 is -0.194. The fraction of sp³-hybridized carbons (Fsp3) is 0.833. The molecule has 0 spiro atoms. The predicted molar refractivity (Wildman–Crippen MR) is 37.3 cm³/mol. The standard InChI is InChI=1S/C6H12O2S.Na/c1-6(2,9)4-3-5(7)8;/h9H,3-4H2,1-2H3,(H,7,8);/q;+1/p-1. The Morgan fingerprint density at radius 3 is 2.10 bits per heavy atom. The van der Waals surface area contributed by atoms with Crippen LogP contribution in [-0.4, -0.2) is 10.7 Å². The number of carbonyl (C=O) groups is 1. The van der Waals surface area contributed by atoms with Gasteiger partial charge in [-0.2, -0.15) is 12.6 Å². The van der Waals surface area contributed by atoms with Gasteiger partial charge in [0.05, 0.1) is 0 Å².